The van der Waals surface area contributed by atoms with Gasteiger partial charge in [-0.2, -0.15) is 0 Å². The molecule has 0 N–H and O–H groups in total. The summed E-state index contributed by atoms with van der Waals surface area (Å²) < 4.78 is 22.3. The number of hydrogen-bond donors (Lipinski definition) is 0. The lowest BCUT2D eigenvalue weighted by Gasteiger charge is -2.20. The molecule has 0 bridgehead atoms. The first kappa shape index (κ1) is 23.0. The van der Waals surface area contributed by atoms with Crippen molar-refractivity contribution < 1.29 is 18.9 Å². The van der Waals surface area contributed by atoms with Crippen molar-refractivity contribution >= 4 is 11.1 Å². The number of benzene rings is 4. The zero-order valence-electron chi connectivity index (χ0n) is 19.9. The molecular formula is C30H28O4. The summed E-state index contributed by atoms with van der Waals surface area (Å²) in [6.45, 7) is 0. The van der Waals surface area contributed by atoms with Crippen molar-refractivity contribution in [2.45, 2.75) is 0 Å². The molecule has 4 aromatic rings. The van der Waals surface area contributed by atoms with Crippen LogP contribution in [0.4, 0.5) is 0 Å². The topological polar surface area (TPSA) is 36.9 Å². The minimum absolute atomic E-state index is 0.674. The van der Waals surface area contributed by atoms with E-state index in [2.05, 4.69) is 36.4 Å². The van der Waals surface area contributed by atoms with Crippen molar-refractivity contribution in [1.82, 2.24) is 0 Å². The van der Waals surface area contributed by atoms with Crippen LogP contribution < -0.4 is 18.9 Å². The van der Waals surface area contributed by atoms with Crippen LogP contribution in [0.3, 0.4) is 0 Å². The molecule has 0 fully saturated rings. The van der Waals surface area contributed by atoms with E-state index in [0.717, 1.165) is 33.4 Å². The molecule has 0 heterocycles. The first-order valence-electron chi connectivity index (χ1n) is 11.0. The number of rotatable bonds is 8. The van der Waals surface area contributed by atoms with Crippen molar-refractivity contribution in [2.24, 2.45) is 0 Å². The van der Waals surface area contributed by atoms with Crippen molar-refractivity contribution in [2.75, 3.05) is 28.4 Å². The maximum atomic E-state index is 5.64. The molecule has 34 heavy (non-hydrogen) atoms. The highest BCUT2D eigenvalue weighted by Crippen LogP contribution is 2.41. The van der Waals surface area contributed by atoms with E-state index in [1.807, 2.05) is 60.7 Å². The Bertz CT molecular complexity index is 1180. The molecule has 0 aromatic heterocycles. The van der Waals surface area contributed by atoms with E-state index in [4.69, 9.17) is 18.9 Å². The molecule has 172 valence electrons. The van der Waals surface area contributed by atoms with Gasteiger partial charge in [0, 0.05) is 0 Å². The third kappa shape index (κ3) is 4.62. The second-order valence-electron chi connectivity index (χ2n) is 7.62. The van der Waals surface area contributed by atoms with Crippen LogP contribution in [0.2, 0.25) is 0 Å². The zero-order valence-corrected chi connectivity index (χ0v) is 19.9. The summed E-state index contributed by atoms with van der Waals surface area (Å²) >= 11 is 0. The zero-order chi connectivity index (χ0) is 23.9. The molecule has 4 rings (SSSR count). The van der Waals surface area contributed by atoms with Crippen LogP contribution in [-0.2, 0) is 0 Å². The van der Waals surface area contributed by atoms with Crippen LogP contribution in [0.5, 0.6) is 23.0 Å². The molecule has 0 radical (unpaired) electrons. The smallest absolute Gasteiger partial charge is 0.161 e. The Morgan fingerprint density at radius 1 is 0.382 bits per heavy atom. The maximum Gasteiger partial charge on any atom is 0.161 e. The number of methoxy groups -OCH3 is 4. The summed E-state index contributed by atoms with van der Waals surface area (Å²) in [7, 11) is 6.59. The van der Waals surface area contributed by atoms with Gasteiger partial charge in [0.15, 0.2) is 23.0 Å². The molecule has 0 aliphatic carbocycles. The monoisotopic (exact) mass is 452 g/mol. The lowest BCUT2D eigenvalue weighted by molar-refractivity contribution is 0.355. The van der Waals surface area contributed by atoms with Gasteiger partial charge in [-0.1, -0.05) is 72.8 Å². The van der Waals surface area contributed by atoms with Crippen molar-refractivity contribution in [3.8, 4) is 23.0 Å². The van der Waals surface area contributed by atoms with Gasteiger partial charge >= 0.3 is 0 Å². The Balaban J connectivity index is 2.10. The third-order valence-corrected chi connectivity index (χ3v) is 5.72. The second-order valence-corrected chi connectivity index (χ2v) is 7.62. The Morgan fingerprint density at radius 3 is 1.06 bits per heavy atom. The average molecular weight is 453 g/mol. The average Bonchev–Trinajstić information content (AvgIpc) is 2.91. The van der Waals surface area contributed by atoms with E-state index in [9.17, 15) is 0 Å². The minimum atomic E-state index is 0.674. The third-order valence-electron chi connectivity index (χ3n) is 5.72. The van der Waals surface area contributed by atoms with Gasteiger partial charge in [0.1, 0.15) is 0 Å². The maximum absolute atomic E-state index is 5.64. The SMILES string of the molecule is COc1ccc(/C(=C(\c2ccccc2)c2ccc(OC)c(OC)c2)c2ccccc2)cc1OC. The number of hydrogen-bond acceptors (Lipinski definition) is 4. The van der Waals surface area contributed by atoms with E-state index >= 15 is 0 Å². The minimum Gasteiger partial charge on any atom is -0.493 e. The summed E-state index contributed by atoms with van der Waals surface area (Å²) in [5.41, 5.74) is 6.33. The van der Waals surface area contributed by atoms with E-state index in [0.29, 0.717) is 23.0 Å². The van der Waals surface area contributed by atoms with Crippen LogP contribution in [0.15, 0.2) is 97.1 Å². The van der Waals surface area contributed by atoms with Gasteiger partial charge in [0.05, 0.1) is 28.4 Å². The van der Waals surface area contributed by atoms with Gasteiger partial charge in [0.25, 0.3) is 0 Å². The van der Waals surface area contributed by atoms with Gasteiger partial charge in [0.2, 0.25) is 0 Å². The van der Waals surface area contributed by atoms with Crippen LogP contribution in [-0.4, -0.2) is 28.4 Å². The lowest BCUT2D eigenvalue weighted by Crippen LogP contribution is -2.00. The van der Waals surface area contributed by atoms with Crippen LogP contribution in [0.25, 0.3) is 11.1 Å². The molecule has 4 nitrogen and oxygen atoms in total. The highest BCUT2D eigenvalue weighted by atomic mass is 16.5. The fraction of sp³-hybridized carbons (Fsp3) is 0.133. The van der Waals surface area contributed by atoms with E-state index < -0.39 is 0 Å². The molecule has 0 aliphatic heterocycles. The first-order valence-corrected chi connectivity index (χ1v) is 11.0. The highest BCUT2D eigenvalue weighted by Gasteiger charge is 2.19. The number of ether oxygens (including phenoxy) is 4. The predicted octanol–water partition coefficient (Wildman–Crippen LogP) is 6.73. The molecule has 0 unspecified atom stereocenters. The Kier molecular flexibility index (Phi) is 7.19. The Morgan fingerprint density at radius 2 is 0.735 bits per heavy atom. The van der Waals surface area contributed by atoms with Gasteiger partial charge in [-0.15, -0.1) is 0 Å². The van der Waals surface area contributed by atoms with Crippen LogP contribution in [0, 0.1) is 0 Å². The van der Waals surface area contributed by atoms with Crippen molar-refractivity contribution in [3.63, 3.8) is 0 Å². The molecule has 0 aliphatic rings. The first-order chi connectivity index (χ1) is 16.7. The van der Waals surface area contributed by atoms with Crippen LogP contribution >= 0.6 is 0 Å². The lowest BCUT2D eigenvalue weighted by atomic mass is 9.85. The Hall–Kier alpha value is -4.18. The van der Waals surface area contributed by atoms with E-state index in [1.54, 1.807) is 28.4 Å². The van der Waals surface area contributed by atoms with Crippen molar-refractivity contribution in [3.05, 3.63) is 119 Å². The Labute approximate surface area is 201 Å². The quantitative estimate of drug-likeness (QED) is 0.278. The summed E-state index contributed by atoms with van der Waals surface area (Å²) in [6, 6.07) is 32.8. The second kappa shape index (κ2) is 10.6. The van der Waals surface area contributed by atoms with Gasteiger partial charge in [-0.25, -0.2) is 0 Å². The molecule has 4 aromatic carbocycles. The summed E-state index contributed by atoms with van der Waals surface area (Å²) in [6.07, 6.45) is 0. The molecule has 0 saturated carbocycles. The molecular weight excluding hydrogens is 424 g/mol. The highest BCUT2D eigenvalue weighted by molar-refractivity contribution is 6.05. The molecule has 0 amide bonds. The largest absolute Gasteiger partial charge is 0.493 e. The van der Waals surface area contributed by atoms with E-state index in [-0.39, 0.29) is 0 Å². The van der Waals surface area contributed by atoms with E-state index in [1.165, 1.54) is 0 Å². The standard InChI is InChI=1S/C30H28O4/c1-31-25-17-15-23(19-27(25)33-3)29(21-11-7-5-8-12-21)30(22-13-9-6-10-14-22)24-16-18-26(32-2)28(20-24)34-4/h5-20H,1-4H3/b30-29+. The fourth-order valence-electron chi connectivity index (χ4n) is 4.10. The van der Waals surface area contributed by atoms with Gasteiger partial charge in [-0.05, 0) is 57.7 Å². The summed E-state index contributed by atoms with van der Waals surface area (Å²) in [4.78, 5) is 0. The van der Waals surface area contributed by atoms with Crippen molar-refractivity contribution in [1.29, 1.82) is 0 Å². The fourth-order valence-corrected chi connectivity index (χ4v) is 4.10. The summed E-state index contributed by atoms with van der Waals surface area (Å²) in [5.74, 6) is 2.72. The molecule has 0 spiro atoms. The van der Waals surface area contributed by atoms with Gasteiger partial charge in [-0.3, -0.25) is 0 Å². The normalized spacial score (nSPS) is 11.4. The molecule has 0 saturated heterocycles. The predicted molar refractivity (Wildman–Crippen MR) is 137 cm³/mol. The van der Waals surface area contributed by atoms with Gasteiger partial charge < -0.3 is 18.9 Å². The molecule has 4 heteroatoms. The van der Waals surface area contributed by atoms with Crippen LogP contribution in [0.1, 0.15) is 22.3 Å². The summed E-state index contributed by atoms with van der Waals surface area (Å²) in [5, 5.41) is 0. The molecule has 0 atom stereocenters.